The molecule has 1 N–H and O–H groups in total. The van der Waals surface area contributed by atoms with Gasteiger partial charge in [-0.15, -0.1) is 0 Å². The summed E-state index contributed by atoms with van der Waals surface area (Å²) in [7, 11) is 1.75. The lowest BCUT2D eigenvalue weighted by Gasteiger charge is -2.18. The Morgan fingerprint density at radius 2 is 2.32 bits per heavy atom. The molecule has 1 heterocycles. The van der Waals surface area contributed by atoms with Gasteiger partial charge in [-0.2, -0.15) is 10.1 Å². The van der Waals surface area contributed by atoms with Crippen LogP contribution in [0, 0.1) is 5.82 Å². The third-order valence-electron chi connectivity index (χ3n) is 2.30. The summed E-state index contributed by atoms with van der Waals surface area (Å²) in [6.07, 6.45) is 3.61. The number of rotatable bonds is 8. The van der Waals surface area contributed by atoms with Gasteiger partial charge >= 0.3 is 0 Å². The van der Waals surface area contributed by atoms with E-state index in [0.29, 0.717) is 19.8 Å². The molecule has 6 nitrogen and oxygen atoms in total. The van der Waals surface area contributed by atoms with E-state index in [2.05, 4.69) is 20.5 Å². The first-order valence-electron chi connectivity index (χ1n) is 6.28. The molecule has 0 aliphatic heterocycles. The van der Waals surface area contributed by atoms with Crippen LogP contribution in [0.3, 0.4) is 0 Å². The van der Waals surface area contributed by atoms with Gasteiger partial charge in [-0.1, -0.05) is 6.92 Å². The minimum atomic E-state index is -0.469. The highest BCUT2D eigenvalue weighted by Crippen LogP contribution is 2.15. The maximum atomic E-state index is 13.6. The molecule has 0 aliphatic carbocycles. The van der Waals surface area contributed by atoms with Gasteiger partial charge in [0.05, 0.1) is 12.8 Å². The molecule has 1 aromatic heterocycles. The lowest BCUT2D eigenvalue weighted by molar-refractivity contribution is 0.154. The van der Waals surface area contributed by atoms with Gasteiger partial charge in [-0.25, -0.2) is 14.8 Å². The largest absolute Gasteiger partial charge is 0.380 e. The van der Waals surface area contributed by atoms with Crippen LogP contribution < -0.4 is 10.3 Å². The summed E-state index contributed by atoms with van der Waals surface area (Å²) >= 11 is 0. The molecule has 1 rings (SSSR count). The Morgan fingerprint density at radius 3 is 3.00 bits per heavy atom. The smallest absolute Gasteiger partial charge is 0.245 e. The van der Waals surface area contributed by atoms with Gasteiger partial charge in [-0.05, 0) is 13.3 Å². The van der Waals surface area contributed by atoms with Crippen LogP contribution in [0.25, 0.3) is 0 Å². The standard InChI is InChI=1S/C12H20FN5O/c1-4-6-15-17-12-14-9-10(13)11(16-12)18(3)7-8-19-5-2/h6,9H,4-5,7-8H2,1-3H3,(H,14,16,17)/b15-6+. The summed E-state index contributed by atoms with van der Waals surface area (Å²) in [5.74, 6) is 0.0253. The molecular formula is C12H20FN5O. The van der Waals surface area contributed by atoms with E-state index in [1.807, 2.05) is 13.8 Å². The molecule has 7 heteroatoms. The van der Waals surface area contributed by atoms with E-state index in [9.17, 15) is 4.39 Å². The topological polar surface area (TPSA) is 62.6 Å². The Morgan fingerprint density at radius 1 is 1.53 bits per heavy atom. The number of nitrogens with zero attached hydrogens (tertiary/aromatic N) is 4. The Kier molecular flexibility index (Phi) is 6.73. The van der Waals surface area contributed by atoms with E-state index in [4.69, 9.17) is 4.74 Å². The first-order chi connectivity index (χ1) is 9.19. The van der Waals surface area contributed by atoms with E-state index in [1.54, 1.807) is 18.2 Å². The number of nitrogens with one attached hydrogen (secondary N) is 1. The monoisotopic (exact) mass is 269 g/mol. The highest BCUT2D eigenvalue weighted by atomic mass is 19.1. The molecule has 19 heavy (non-hydrogen) atoms. The molecule has 0 aliphatic rings. The lowest BCUT2D eigenvalue weighted by Crippen LogP contribution is -2.25. The summed E-state index contributed by atoms with van der Waals surface area (Å²) < 4.78 is 18.9. The summed E-state index contributed by atoms with van der Waals surface area (Å²) in [6, 6.07) is 0. The van der Waals surface area contributed by atoms with Gasteiger partial charge < -0.3 is 9.64 Å². The number of hydrogen-bond acceptors (Lipinski definition) is 6. The van der Waals surface area contributed by atoms with Crippen molar-refractivity contribution < 1.29 is 9.13 Å². The van der Waals surface area contributed by atoms with E-state index in [1.165, 1.54) is 0 Å². The first kappa shape index (κ1) is 15.3. The second-order valence-corrected chi connectivity index (χ2v) is 3.82. The number of aromatic nitrogens is 2. The van der Waals surface area contributed by atoms with Crippen LogP contribution in [0.5, 0.6) is 0 Å². The average molecular weight is 269 g/mol. The summed E-state index contributed by atoms with van der Waals surface area (Å²) in [6.45, 7) is 5.59. The molecular weight excluding hydrogens is 249 g/mol. The zero-order chi connectivity index (χ0) is 14.1. The molecule has 0 bridgehead atoms. The maximum absolute atomic E-state index is 13.6. The fraction of sp³-hybridized carbons (Fsp3) is 0.583. The van der Waals surface area contributed by atoms with Crippen LogP contribution in [0.4, 0.5) is 16.2 Å². The second kappa shape index (κ2) is 8.36. The Bertz CT molecular complexity index is 413. The molecule has 0 fully saturated rings. The van der Waals surface area contributed by atoms with Crippen molar-refractivity contribution in [2.24, 2.45) is 5.10 Å². The van der Waals surface area contributed by atoms with Crippen LogP contribution in [0.1, 0.15) is 20.3 Å². The van der Waals surface area contributed by atoms with Crippen molar-refractivity contribution >= 4 is 18.0 Å². The molecule has 0 saturated heterocycles. The molecule has 0 atom stereocenters. The predicted octanol–water partition coefficient (Wildman–Crippen LogP) is 1.90. The normalized spacial score (nSPS) is 10.9. The summed E-state index contributed by atoms with van der Waals surface area (Å²) in [4.78, 5) is 9.58. The van der Waals surface area contributed by atoms with E-state index in [-0.39, 0.29) is 11.8 Å². The Balaban J connectivity index is 2.70. The Hall–Kier alpha value is -1.76. The van der Waals surface area contributed by atoms with Crippen molar-refractivity contribution in [1.29, 1.82) is 0 Å². The van der Waals surface area contributed by atoms with Crippen molar-refractivity contribution in [2.45, 2.75) is 20.3 Å². The average Bonchev–Trinajstić information content (AvgIpc) is 2.41. The lowest BCUT2D eigenvalue weighted by atomic mass is 10.4. The highest BCUT2D eigenvalue weighted by molar-refractivity contribution is 5.58. The van der Waals surface area contributed by atoms with Gasteiger partial charge in [0.2, 0.25) is 5.95 Å². The van der Waals surface area contributed by atoms with Crippen molar-refractivity contribution in [2.75, 3.05) is 37.1 Å². The minimum Gasteiger partial charge on any atom is -0.380 e. The molecule has 0 aromatic carbocycles. The first-order valence-corrected chi connectivity index (χ1v) is 6.28. The molecule has 106 valence electrons. The van der Waals surface area contributed by atoms with Crippen molar-refractivity contribution in [3.8, 4) is 0 Å². The highest BCUT2D eigenvalue weighted by Gasteiger charge is 2.11. The quantitative estimate of drug-likeness (QED) is 0.443. The van der Waals surface area contributed by atoms with Crippen molar-refractivity contribution in [1.82, 2.24) is 9.97 Å². The fourth-order valence-corrected chi connectivity index (χ4v) is 1.33. The zero-order valence-electron chi connectivity index (χ0n) is 11.6. The molecule has 0 amide bonds. The van der Waals surface area contributed by atoms with Crippen molar-refractivity contribution in [3.05, 3.63) is 12.0 Å². The minimum absolute atomic E-state index is 0.226. The van der Waals surface area contributed by atoms with E-state index < -0.39 is 5.82 Å². The summed E-state index contributed by atoms with van der Waals surface area (Å²) in [5.41, 5.74) is 2.66. The predicted molar refractivity (Wildman–Crippen MR) is 74.2 cm³/mol. The fourth-order valence-electron chi connectivity index (χ4n) is 1.33. The third kappa shape index (κ3) is 5.17. The number of ether oxygens (including phenoxy) is 1. The molecule has 0 radical (unpaired) electrons. The van der Waals surface area contributed by atoms with Crippen LogP contribution in [-0.4, -0.2) is 43.0 Å². The maximum Gasteiger partial charge on any atom is 0.245 e. The zero-order valence-corrected chi connectivity index (χ0v) is 11.6. The van der Waals surface area contributed by atoms with Crippen LogP contribution in [0.2, 0.25) is 0 Å². The van der Waals surface area contributed by atoms with Crippen LogP contribution in [-0.2, 0) is 4.74 Å². The van der Waals surface area contributed by atoms with Gasteiger partial charge in [0.15, 0.2) is 11.6 Å². The number of hydrazone groups is 1. The molecule has 0 unspecified atom stereocenters. The second-order valence-electron chi connectivity index (χ2n) is 3.82. The van der Waals surface area contributed by atoms with Crippen LogP contribution >= 0.6 is 0 Å². The SMILES string of the molecule is CC/C=N/Nc1ncc(F)c(N(C)CCOCC)n1. The number of halogens is 1. The van der Waals surface area contributed by atoms with E-state index >= 15 is 0 Å². The molecule has 0 spiro atoms. The van der Waals surface area contributed by atoms with E-state index in [0.717, 1.165) is 12.6 Å². The number of anilines is 2. The third-order valence-corrected chi connectivity index (χ3v) is 2.30. The van der Waals surface area contributed by atoms with Gasteiger partial charge in [0.1, 0.15) is 0 Å². The Labute approximate surface area is 112 Å². The van der Waals surface area contributed by atoms with Gasteiger partial charge in [-0.3, -0.25) is 0 Å². The van der Waals surface area contributed by atoms with Crippen molar-refractivity contribution in [3.63, 3.8) is 0 Å². The van der Waals surface area contributed by atoms with Crippen LogP contribution in [0.15, 0.2) is 11.3 Å². The van der Waals surface area contributed by atoms with Gasteiger partial charge in [0.25, 0.3) is 0 Å². The number of likely N-dealkylation sites (N-methyl/N-ethyl adjacent to an activating group) is 1. The number of hydrogen-bond donors (Lipinski definition) is 1. The molecule has 1 aromatic rings. The summed E-state index contributed by atoms with van der Waals surface area (Å²) in [5, 5.41) is 3.90. The van der Waals surface area contributed by atoms with Gasteiger partial charge in [0, 0.05) is 26.4 Å². The molecule has 0 saturated carbocycles.